The number of ether oxygens (including phenoxy) is 1. The predicted octanol–water partition coefficient (Wildman–Crippen LogP) is 2.51. The van der Waals surface area contributed by atoms with Crippen LogP contribution in [0.1, 0.15) is 46.5 Å². The molecule has 0 heterocycles. The number of nitrogens with one attached hydrogen (secondary N) is 1. The first kappa shape index (κ1) is 15.9. The summed E-state index contributed by atoms with van der Waals surface area (Å²) in [5.74, 6) is 0.879. The Bertz CT molecular complexity index is 203. The van der Waals surface area contributed by atoms with Gasteiger partial charge in [-0.3, -0.25) is 0 Å². The first-order chi connectivity index (χ1) is 8.67. The highest BCUT2D eigenvalue weighted by Crippen LogP contribution is 2.28. The van der Waals surface area contributed by atoms with E-state index in [0.29, 0.717) is 12.1 Å². The fraction of sp³-hybridized carbons (Fsp3) is 1.00. The van der Waals surface area contributed by atoms with Crippen LogP contribution in [0, 0.1) is 5.92 Å². The number of rotatable bonds is 11. The summed E-state index contributed by atoms with van der Waals surface area (Å²) in [5, 5.41) is 3.64. The molecule has 1 unspecified atom stereocenters. The summed E-state index contributed by atoms with van der Waals surface area (Å²) < 4.78 is 5.68. The molecule has 3 heteroatoms. The standard InChI is InChI=1S/C15H32N2O/c1-5-15(6-2)16-11-13(3)17(4)9-10-18-12-14-7-8-14/h13-16H,5-12H2,1-4H3. The van der Waals surface area contributed by atoms with Crippen molar-refractivity contribution in [2.24, 2.45) is 5.92 Å². The topological polar surface area (TPSA) is 24.5 Å². The lowest BCUT2D eigenvalue weighted by Crippen LogP contribution is -2.42. The minimum absolute atomic E-state index is 0.579. The molecule has 1 N–H and O–H groups in total. The molecule has 0 saturated heterocycles. The van der Waals surface area contributed by atoms with Crippen LogP contribution in [-0.4, -0.2) is 50.3 Å². The van der Waals surface area contributed by atoms with Gasteiger partial charge in [-0.1, -0.05) is 13.8 Å². The fourth-order valence-electron chi connectivity index (χ4n) is 2.03. The molecule has 0 aliphatic heterocycles. The number of nitrogens with zero attached hydrogens (tertiary/aromatic N) is 1. The minimum atomic E-state index is 0.579. The summed E-state index contributed by atoms with van der Waals surface area (Å²) in [7, 11) is 2.19. The Morgan fingerprint density at radius 2 is 1.94 bits per heavy atom. The molecule has 0 aromatic carbocycles. The summed E-state index contributed by atoms with van der Waals surface area (Å²) in [5.41, 5.74) is 0. The molecule has 1 saturated carbocycles. The quantitative estimate of drug-likeness (QED) is 0.575. The van der Waals surface area contributed by atoms with Crippen LogP contribution in [0.15, 0.2) is 0 Å². The maximum absolute atomic E-state index is 5.68. The SMILES string of the molecule is CCC(CC)NCC(C)N(C)CCOCC1CC1. The third kappa shape index (κ3) is 6.72. The molecule has 1 aliphatic carbocycles. The van der Waals surface area contributed by atoms with Crippen LogP contribution in [-0.2, 0) is 4.74 Å². The van der Waals surface area contributed by atoms with E-state index in [0.717, 1.165) is 32.2 Å². The highest BCUT2D eigenvalue weighted by molar-refractivity contribution is 4.73. The Hall–Kier alpha value is -0.120. The Kier molecular flexibility index (Phi) is 7.87. The van der Waals surface area contributed by atoms with E-state index in [-0.39, 0.29) is 0 Å². The van der Waals surface area contributed by atoms with Gasteiger partial charge in [0.05, 0.1) is 6.61 Å². The average Bonchev–Trinajstić information content (AvgIpc) is 3.19. The molecular weight excluding hydrogens is 224 g/mol. The molecule has 1 rings (SSSR count). The zero-order valence-electron chi connectivity index (χ0n) is 12.7. The van der Waals surface area contributed by atoms with Crippen LogP contribution in [0.25, 0.3) is 0 Å². The Morgan fingerprint density at radius 1 is 1.28 bits per heavy atom. The largest absolute Gasteiger partial charge is 0.380 e. The van der Waals surface area contributed by atoms with E-state index >= 15 is 0 Å². The van der Waals surface area contributed by atoms with Gasteiger partial charge in [0.25, 0.3) is 0 Å². The zero-order valence-corrected chi connectivity index (χ0v) is 12.7. The first-order valence-electron chi connectivity index (χ1n) is 7.68. The van der Waals surface area contributed by atoms with Gasteiger partial charge in [-0.15, -0.1) is 0 Å². The van der Waals surface area contributed by atoms with Gasteiger partial charge in [-0.2, -0.15) is 0 Å². The van der Waals surface area contributed by atoms with Crippen molar-refractivity contribution in [2.75, 3.05) is 33.4 Å². The van der Waals surface area contributed by atoms with Crippen LogP contribution < -0.4 is 5.32 Å². The lowest BCUT2D eigenvalue weighted by atomic mass is 10.1. The highest BCUT2D eigenvalue weighted by Gasteiger charge is 2.21. The van der Waals surface area contributed by atoms with Gasteiger partial charge in [0.1, 0.15) is 0 Å². The molecule has 18 heavy (non-hydrogen) atoms. The third-order valence-electron chi connectivity index (χ3n) is 4.08. The number of hydrogen-bond donors (Lipinski definition) is 1. The van der Waals surface area contributed by atoms with E-state index in [2.05, 4.69) is 38.0 Å². The van der Waals surface area contributed by atoms with Crippen molar-refractivity contribution < 1.29 is 4.74 Å². The molecule has 0 aromatic rings. The van der Waals surface area contributed by atoms with E-state index in [4.69, 9.17) is 4.74 Å². The van der Waals surface area contributed by atoms with Gasteiger partial charge in [0.2, 0.25) is 0 Å². The third-order valence-corrected chi connectivity index (χ3v) is 4.08. The summed E-state index contributed by atoms with van der Waals surface area (Å²) >= 11 is 0. The zero-order chi connectivity index (χ0) is 13.4. The van der Waals surface area contributed by atoms with Gasteiger partial charge in [0, 0.05) is 31.8 Å². The normalized spacial score (nSPS) is 17.7. The molecule has 1 atom stereocenters. The van der Waals surface area contributed by atoms with Gasteiger partial charge < -0.3 is 15.0 Å². The second-order valence-corrected chi connectivity index (χ2v) is 5.77. The van der Waals surface area contributed by atoms with Crippen LogP contribution in [0.5, 0.6) is 0 Å². The van der Waals surface area contributed by atoms with Crippen molar-refractivity contribution in [3.05, 3.63) is 0 Å². The number of hydrogen-bond acceptors (Lipinski definition) is 3. The van der Waals surface area contributed by atoms with E-state index in [1.54, 1.807) is 0 Å². The van der Waals surface area contributed by atoms with Crippen LogP contribution in [0.4, 0.5) is 0 Å². The van der Waals surface area contributed by atoms with Gasteiger partial charge in [-0.25, -0.2) is 0 Å². The summed E-state index contributed by atoms with van der Waals surface area (Å²) in [6.07, 6.45) is 5.20. The maximum atomic E-state index is 5.68. The second kappa shape index (κ2) is 8.89. The van der Waals surface area contributed by atoms with Gasteiger partial charge >= 0.3 is 0 Å². The molecule has 0 bridgehead atoms. The Labute approximate surface area is 113 Å². The summed E-state index contributed by atoms with van der Waals surface area (Å²) in [4.78, 5) is 2.39. The average molecular weight is 256 g/mol. The molecule has 108 valence electrons. The summed E-state index contributed by atoms with van der Waals surface area (Å²) in [6.45, 7) is 10.8. The van der Waals surface area contributed by atoms with E-state index in [1.165, 1.54) is 25.7 Å². The molecule has 3 nitrogen and oxygen atoms in total. The van der Waals surface area contributed by atoms with Gasteiger partial charge in [-0.05, 0) is 45.6 Å². The Balaban J connectivity index is 2.01. The van der Waals surface area contributed by atoms with E-state index < -0.39 is 0 Å². The van der Waals surface area contributed by atoms with Crippen LogP contribution in [0.3, 0.4) is 0 Å². The van der Waals surface area contributed by atoms with E-state index in [1.807, 2.05) is 0 Å². The second-order valence-electron chi connectivity index (χ2n) is 5.77. The number of likely N-dealkylation sites (N-methyl/N-ethyl adjacent to an activating group) is 1. The lowest BCUT2D eigenvalue weighted by Gasteiger charge is -2.27. The predicted molar refractivity (Wildman–Crippen MR) is 78.0 cm³/mol. The molecule has 0 amide bonds. The van der Waals surface area contributed by atoms with Crippen molar-refractivity contribution >= 4 is 0 Å². The van der Waals surface area contributed by atoms with Crippen molar-refractivity contribution in [1.29, 1.82) is 0 Å². The Morgan fingerprint density at radius 3 is 2.50 bits per heavy atom. The molecule has 0 radical (unpaired) electrons. The minimum Gasteiger partial charge on any atom is -0.380 e. The first-order valence-corrected chi connectivity index (χ1v) is 7.68. The smallest absolute Gasteiger partial charge is 0.0593 e. The molecule has 1 aliphatic rings. The van der Waals surface area contributed by atoms with E-state index in [9.17, 15) is 0 Å². The van der Waals surface area contributed by atoms with Crippen molar-refractivity contribution in [1.82, 2.24) is 10.2 Å². The highest BCUT2D eigenvalue weighted by atomic mass is 16.5. The van der Waals surface area contributed by atoms with Crippen LogP contribution in [0.2, 0.25) is 0 Å². The van der Waals surface area contributed by atoms with Crippen LogP contribution >= 0.6 is 0 Å². The molecule has 1 fully saturated rings. The van der Waals surface area contributed by atoms with Crippen molar-refractivity contribution in [3.8, 4) is 0 Å². The fourth-order valence-corrected chi connectivity index (χ4v) is 2.03. The summed E-state index contributed by atoms with van der Waals surface area (Å²) in [6, 6.07) is 1.25. The lowest BCUT2D eigenvalue weighted by molar-refractivity contribution is 0.0930. The molecule has 0 aromatic heterocycles. The van der Waals surface area contributed by atoms with Crippen molar-refractivity contribution in [3.63, 3.8) is 0 Å². The molecular formula is C15H32N2O. The maximum Gasteiger partial charge on any atom is 0.0593 e. The van der Waals surface area contributed by atoms with Crippen molar-refractivity contribution in [2.45, 2.75) is 58.5 Å². The monoisotopic (exact) mass is 256 g/mol. The molecule has 0 spiro atoms. The van der Waals surface area contributed by atoms with Gasteiger partial charge in [0.15, 0.2) is 0 Å².